The molecule has 7 heteroatoms. The van der Waals surface area contributed by atoms with Crippen molar-refractivity contribution < 1.29 is 9.72 Å². The molecule has 1 aromatic carbocycles. The molecule has 0 spiro atoms. The van der Waals surface area contributed by atoms with Crippen LogP contribution in [0.5, 0.6) is 0 Å². The Morgan fingerprint density at radius 3 is 2.80 bits per heavy atom. The Bertz CT molecular complexity index is 480. The smallest absolute Gasteiger partial charge is 0.288 e. The summed E-state index contributed by atoms with van der Waals surface area (Å²) in [5.74, 6) is 0.00133. The van der Waals surface area contributed by atoms with Gasteiger partial charge in [0.25, 0.3) is 5.69 Å². The first-order valence-corrected chi connectivity index (χ1v) is 6.82. The number of hydrogen-bond donors (Lipinski definition) is 2. The summed E-state index contributed by atoms with van der Waals surface area (Å²) < 4.78 is 0. The van der Waals surface area contributed by atoms with Crippen molar-refractivity contribution in [3.63, 3.8) is 0 Å². The maximum absolute atomic E-state index is 11.3. The third-order valence-corrected chi connectivity index (χ3v) is 2.96. The quantitative estimate of drug-likeness (QED) is 0.438. The monoisotopic (exact) mass is 299 g/mol. The zero-order valence-electron chi connectivity index (χ0n) is 11.3. The number of rotatable bonds is 8. The number of amides is 1. The van der Waals surface area contributed by atoms with Gasteiger partial charge in [0.2, 0.25) is 5.91 Å². The average molecular weight is 300 g/mol. The summed E-state index contributed by atoms with van der Waals surface area (Å²) in [6, 6.07) is 4.66. The van der Waals surface area contributed by atoms with Gasteiger partial charge in [-0.3, -0.25) is 14.9 Å². The van der Waals surface area contributed by atoms with E-state index in [0.717, 1.165) is 12.0 Å². The number of hydrogen-bond acceptors (Lipinski definition) is 4. The highest BCUT2D eigenvalue weighted by Crippen LogP contribution is 2.24. The summed E-state index contributed by atoms with van der Waals surface area (Å²) in [7, 11) is 0. The van der Waals surface area contributed by atoms with Gasteiger partial charge in [0.15, 0.2) is 0 Å². The number of nitrogens with one attached hydrogen (secondary N) is 2. The van der Waals surface area contributed by atoms with Crippen LogP contribution in [-0.4, -0.2) is 23.9 Å². The molecule has 1 rings (SSSR count). The van der Waals surface area contributed by atoms with Gasteiger partial charge in [0.1, 0.15) is 5.02 Å². The van der Waals surface area contributed by atoms with Gasteiger partial charge in [-0.25, -0.2) is 0 Å². The number of nitro groups is 1. The van der Waals surface area contributed by atoms with E-state index >= 15 is 0 Å². The molecule has 0 saturated carbocycles. The van der Waals surface area contributed by atoms with Crippen LogP contribution >= 0.6 is 11.6 Å². The molecule has 1 amide bonds. The Hall–Kier alpha value is -1.66. The second-order valence-corrected chi connectivity index (χ2v) is 4.73. The van der Waals surface area contributed by atoms with E-state index in [2.05, 4.69) is 10.6 Å². The lowest BCUT2D eigenvalue weighted by atomic mass is 10.2. The standard InChI is InChI=1S/C13H18ClN3O3/c1-2-6-16-13(18)5-7-15-9-10-3-4-11(14)12(8-10)17(19)20/h3-4,8,15H,2,5-7,9H2,1H3,(H,16,18). The summed E-state index contributed by atoms with van der Waals surface area (Å²) in [6.45, 7) is 3.65. The lowest BCUT2D eigenvalue weighted by molar-refractivity contribution is -0.384. The fourth-order valence-electron chi connectivity index (χ4n) is 1.60. The van der Waals surface area contributed by atoms with Gasteiger partial charge >= 0.3 is 0 Å². The maximum Gasteiger partial charge on any atom is 0.288 e. The van der Waals surface area contributed by atoms with Crippen LogP contribution < -0.4 is 10.6 Å². The number of nitro benzene ring substituents is 1. The Balaban J connectivity index is 2.37. The third-order valence-electron chi connectivity index (χ3n) is 2.64. The molecule has 1 aromatic rings. The molecule has 0 atom stereocenters. The normalized spacial score (nSPS) is 10.3. The van der Waals surface area contributed by atoms with Crippen molar-refractivity contribution in [3.8, 4) is 0 Å². The second-order valence-electron chi connectivity index (χ2n) is 4.32. The SMILES string of the molecule is CCCNC(=O)CCNCc1ccc(Cl)c([N+](=O)[O-])c1. The Morgan fingerprint density at radius 1 is 1.40 bits per heavy atom. The van der Waals surface area contributed by atoms with E-state index in [4.69, 9.17) is 11.6 Å². The van der Waals surface area contributed by atoms with Crippen LogP contribution in [0, 0.1) is 10.1 Å². The van der Waals surface area contributed by atoms with Crippen LogP contribution in [0.25, 0.3) is 0 Å². The summed E-state index contributed by atoms with van der Waals surface area (Å²) in [6.07, 6.45) is 1.29. The number of halogens is 1. The summed E-state index contributed by atoms with van der Waals surface area (Å²) in [4.78, 5) is 21.6. The van der Waals surface area contributed by atoms with E-state index in [1.165, 1.54) is 12.1 Å². The first-order valence-electron chi connectivity index (χ1n) is 6.44. The minimum Gasteiger partial charge on any atom is -0.356 e. The number of benzene rings is 1. The molecule has 0 saturated heterocycles. The topological polar surface area (TPSA) is 84.3 Å². The van der Waals surface area contributed by atoms with E-state index in [-0.39, 0.29) is 16.6 Å². The van der Waals surface area contributed by atoms with Crippen molar-refractivity contribution in [2.24, 2.45) is 0 Å². The van der Waals surface area contributed by atoms with Crippen LogP contribution in [-0.2, 0) is 11.3 Å². The molecule has 0 unspecified atom stereocenters. The van der Waals surface area contributed by atoms with Crippen molar-refractivity contribution in [1.82, 2.24) is 10.6 Å². The summed E-state index contributed by atoms with van der Waals surface area (Å²) in [5, 5.41) is 16.7. The highest BCUT2D eigenvalue weighted by atomic mass is 35.5. The predicted molar refractivity (Wildman–Crippen MR) is 77.7 cm³/mol. The molecule has 0 bridgehead atoms. The molecule has 20 heavy (non-hydrogen) atoms. The largest absolute Gasteiger partial charge is 0.356 e. The molecular formula is C13H18ClN3O3. The minimum absolute atomic E-state index is 0.00133. The molecule has 0 aliphatic carbocycles. The number of carbonyl (C=O) groups excluding carboxylic acids is 1. The second kappa shape index (κ2) is 8.50. The molecule has 110 valence electrons. The van der Waals surface area contributed by atoms with Crippen molar-refractivity contribution >= 4 is 23.2 Å². The molecule has 0 aliphatic rings. The van der Waals surface area contributed by atoms with Crippen LogP contribution in [0.15, 0.2) is 18.2 Å². The molecule has 0 fully saturated rings. The number of nitrogens with zero attached hydrogens (tertiary/aromatic N) is 1. The molecule has 6 nitrogen and oxygen atoms in total. The van der Waals surface area contributed by atoms with Gasteiger partial charge in [-0.15, -0.1) is 0 Å². The van der Waals surface area contributed by atoms with Crippen LogP contribution in [0.1, 0.15) is 25.3 Å². The van der Waals surface area contributed by atoms with E-state index in [0.29, 0.717) is 26.1 Å². The summed E-state index contributed by atoms with van der Waals surface area (Å²) >= 11 is 5.73. The van der Waals surface area contributed by atoms with Gasteiger partial charge in [-0.1, -0.05) is 24.6 Å². The van der Waals surface area contributed by atoms with Crippen LogP contribution in [0.2, 0.25) is 5.02 Å². The maximum atomic E-state index is 11.3. The molecule has 0 radical (unpaired) electrons. The Labute approximate surface area is 122 Å². The molecular weight excluding hydrogens is 282 g/mol. The average Bonchev–Trinajstić information content (AvgIpc) is 2.42. The molecule has 0 aliphatic heterocycles. The zero-order valence-corrected chi connectivity index (χ0v) is 12.1. The predicted octanol–water partition coefficient (Wildman–Crippen LogP) is 2.25. The molecule has 0 heterocycles. The first kappa shape index (κ1) is 16.4. The van der Waals surface area contributed by atoms with Gasteiger partial charge in [0, 0.05) is 32.1 Å². The fourth-order valence-corrected chi connectivity index (χ4v) is 1.78. The van der Waals surface area contributed by atoms with Crippen molar-refractivity contribution in [2.45, 2.75) is 26.3 Å². The Kier molecular flexibility index (Phi) is 6.97. The first-order chi connectivity index (χ1) is 9.54. The lowest BCUT2D eigenvalue weighted by Gasteiger charge is -2.06. The van der Waals surface area contributed by atoms with Crippen molar-refractivity contribution in [2.75, 3.05) is 13.1 Å². The van der Waals surface area contributed by atoms with Crippen LogP contribution in [0.3, 0.4) is 0 Å². The van der Waals surface area contributed by atoms with Crippen molar-refractivity contribution in [3.05, 3.63) is 38.9 Å². The van der Waals surface area contributed by atoms with Gasteiger partial charge in [-0.05, 0) is 18.1 Å². The van der Waals surface area contributed by atoms with E-state index < -0.39 is 4.92 Å². The van der Waals surface area contributed by atoms with E-state index in [9.17, 15) is 14.9 Å². The zero-order chi connectivity index (χ0) is 15.0. The molecule has 0 aromatic heterocycles. The third kappa shape index (κ3) is 5.54. The van der Waals surface area contributed by atoms with Gasteiger partial charge in [0.05, 0.1) is 4.92 Å². The Morgan fingerprint density at radius 2 is 2.15 bits per heavy atom. The highest BCUT2D eigenvalue weighted by molar-refractivity contribution is 6.32. The van der Waals surface area contributed by atoms with Gasteiger partial charge < -0.3 is 10.6 Å². The summed E-state index contributed by atoms with van der Waals surface area (Å²) in [5.41, 5.74) is 0.654. The highest BCUT2D eigenvalue weighted by Gasteiger charge is 2.12. The minimum atomic E-state index is -0.510. The van der Waals surface area contributed by atoms with Crippen molar-refractivity contribution in [1.29, 1.82) is 0 Å². The van der Waals surface area contributed by atoms with E-state index in [1.54, 1.807) is 6.07 Å². The lowest BCUT2D eigenvalue weighted by Crippen LogP contribution is -2.28. The molecule has 2 N–H and O–H groups in total. The van der Waals surface area contributed by atoms with Crippen LogP contribution in [0.4, 0.5) is 5.69 Å². The fraction of sp³-hybridized carbons (Fsp3) is 0.462. The van der Waals surface area contributed by atoms with Gasteiger partial charge in [-0.2, -0.15) is 0 Å². The number of carbonyl (C=O) groups is 1. The van der Waals surface area contributed by atoms with E-state index in [1.807, 2.05) is 6.92 Å².